The molecule has 0 bridgehead atoms. The molecular weight excluding hydrogens is 271 g/mol. The van der Waals surface area contributed by atoms with Gasteiger partial charge in [-0.1, -0.05) is 29.3 Å². The minimum atomic E-state index is -0.310. The second-order valence-corrected chi connectivity index (χ2v) is 4.61. The van der Waals surface area contributed by atoms with Gasteiger partial charge in [0.05, 0.1) is 10.6 Å². The number of aromatic nitrogens is 1. The topological polar surface area (TPSA) is 42.0 Å². The lowest BCUT2D eigenvalue weighted by atomic mass is 10.2. The summed E-state index contributed by atoms with van der Waals surface area (Å²) in [5, 5.41) is 3.64. The molecule has 0 fully saturated rings. The second-order valence-electron chi connectivity index (χ2n) is 3.77. The van der Waals surface area contributed by atoms with Crippen LogP contribution in [-0.2, 0) is 0 Å². The van der Waals surface area contributed by atoms with E-state index in [4.69, 9.17) is 23.2 Å². The van der Waals surface area contributed by atoms with Crippen LogP contribution in [-0.4, -0.2) is 10.9 Å². The van der Waals surface area contributed by atoms with Crippen molar-refractivity contribution in [3.05, 3.63) is 57.8 Å². The first-order valence-electron chi connectivity index (χ1n) is 5.25. The van der Waals surface area contributed by atoms with Gasteiger partial charge in [-0.05, 0) is 31.2 Å². The largest absolute Gasteiger partial charge is 0.322 e. The van der Waals surface area contributed by atoms with Gasteiger partial charge in [0, 0.05) is 22.6 Å². The highest BCUT2D eigenvalue weighted by Crippen LogP contribution is 2.19. The Morgan fingerprint density at radius 1 is 1.28 bits per heavy atom. The van der Waals surface area contributed by atoms with E-state index in [0.29, 0.717) is 21.3 Å². The zero-order valence-electron chi connectivity index (χ0n) is 9.58. The number of hydrogen-bond donors (Lipinski definition) is 1. The fourth-order valence-corrected chi connectivity index (χ4v) is 1.94. The Balaban J connectivity index is 2.22. The first kappa shape index (κ1) is 12.9. The van der Waals surface area contributed by atoms with Crippen molar-refractivity contribution in [3.8, 4) is 0 Å². The maximum atomic E-state index is 12.0. The molecule has 5 heteroatoms. The lowest BCUT2D eigenvalue weighted by Gasteiger charge is -2.07. The number of nitrogens with zero attached hydrogens (tertiary/aromatic N) is 1. The van der Waals surface area contributed by atoms with E-state index < -0.39 is 0 Å². The molecule has 2 rings (SSSR count). The highest BCUT2D eigenvalue weighted by Gasteiger charge is 2.11. The molecule has 0 aliphatic rings. The molecule has 18 heavy (non-hydrogen) atoms. The summed E-state index contributed by atoms with van der Waals surface area (Å²) in [6.07, 6.45) is 1.46. The second kappa shape index (κ2) is 5.38. The first-order chi connectivity index (χ1) is 8.56. The van der Waals surface area contributed by atoms with Gasteiger partial charge in [0.1, 0.15) is 0 Å². The van der Waals surface area contributed by atoms with Crippen LogP contribution < -0.4 is 5.32 Å². The monoisotopic (exact) mass is 280 g/mol. The fourth-order valence-electron chi connectivity index (χ4n) is 1.46. The van der Waals surface area contributed by atoms with E-state index in [1.54, 1.807) is 30.3 Å². The normalized spacial score (nSPS) is 10.2. The lowest BCUT2D eigenvalue weighted by molar-refractivity contribution is 0.102. The van der Waals surface area contributed by atoms with Crippen molar-refractivity contribution < 1.29 is 4.79 Å². The van der Waals surface area contributed by atoms with E-state index in [0.717, 1.165) is 5.69 Å². The van der Waals surface area contributed by atoms with Gasteiger partial charge in [-0.15, -0.1) is 0 Å². The minimum absolute atomic E-state index is 0.310. The maximum Gasteiger partial charge on any atom is 0.258 e. The quantitative estimate of drug-likeness (QED) is 0.905. The highest BCUT2D eigenvalue weighted by atomic mass is 35.5. The first-order valence-corrected chi connectivity index (χ1v) is 6.01. The van der Waals surface area contributed by atoms with Crippen LogP contribution in [0.25, 0.3) is 0 Å². The van der Waals surface area contributed by atoms with Gasteiger partial charge in [0.2, 0.25) is 0 Å². The van der Waals surface area contributed by atoms with Gasteiger partial charge in [-0.3, -0.25) is 9.78 Å². The van der Waals surface area contributed by atoms with Crippen molar-refractivity contribution in [3.63, 3.8) is 0 Å². The van der Waals surface area contributed by atoms with E-state index in [9.17, 15) is 4.79 Å². The predicted molar refractivity (Wildman–Crippen MR) is 73.4 cm³/mol. The smallest absolute Gasteiger partial charge is 0.258 e. The van der Waals surface area contributed by atoms with E-state index in [-0.39, 0.29) is 5.91 Å². The van der Waals surface area contributed by atoms with Crippen LogP contribution in [0.15, 0.2) is 36.5 Å². The molecule has 0 saturated heterocycles. The summed E-state index contributed by atoms with van der Waals surface area (Å²) in [7, 11) is 0. The summed E-state index contributed by atoms with van der Waals surface area (Å²) in [6.45, 7) is 1.81. The number of amides is 1. The number of halogens is 2. The van der Waals surface area contributed by atoms with Crippen molar-refractivity contribution in [2.24, 2.45) is 0 Å². The summed E-state index contributed by atoms with van der Waals surface area (Å²) < 4.78 is 0. The van der Waals surface area contributed by atoms with Crippen LogP contribution in [0.5, 0.6) is 0 Å². The molecule has 0 radical (unpaired) electrons. The Hall–Kier alpha value is -1.58. The number of nitrogens with one attached hydrogen (secondary N) is 1. The standard InChI is InChI=1S/C13H10Cl2N2O/c1-8-5-12(15)11(7-16-8)13(18)17-10-4-2-3-9(14)6-10/h2-7H,1H3,(H,17,18). The zero-order valence-corrected chi connectivity index (χ0v) is 11.1. The molecule has 1 N–H and O–H groups in total. The summed E-state index contributed by atoms with van der Waals surface area (Å²) in [5.74, 6) is -0.310. The highest BCUT2D eigenvalue weighted by molar-refractivity contribution is 6.34. The van der Waals surface area contributed by atoms with E-state index in [2.05, 4.69) is 10.3 Å². The van der Waals surface area contributed by atoms with Crippen LogP contribution in [0.4, 0.5) is 5.69 Å². The molecular formula is C13H10Cl2N2O. The van der Waals surface area contributed by atoms with Crippen LogP contribution in [0.3, 0.4) is 0 Å². The Morgan fingerprint density at radius 3 is 2.72 bits per heavy atom. The van der Waals surface area contributed by atoms with Gasteiger partial charge < -0.3 is 5.32 Å². The van der Waals surface area contributed by atoms with Gasteiger partial charge in [-0.2, -0.15) is 0 Å². The molecule has 1 aromatic heterocycles. The molecule has 92 valence electrons. The minimum Gasteiger partial charge on any atom is -0.322 e. The van der Waals surface area contributed by atoms with Gasteiger partial charge in [-0.25, -0.2) is 0 Å². The van der Waals surface area contributed by atoms with Crippen LogP contribution in [0.1, 0.15) is 16.1 Å². The average molecular weight is 281 g/mol. The molecule has 1 heterocycles. The Labute approximate surface area is 115 Å². The number of carbonyl (C=O) groups excluding carboxylic acids is 1. The molecule has 1 aromatic carbocycles. The van der Waals surface area contributed by atoms with Crippen molar-refractivity contribution in [1.29, 1.82) is 0 Å². The summed E-state index contributed by atoms with van der Waals surface area (Å²) >= 11 is 11.8. The Bertz CT molecular complexity index is 599. The molecule has 3 nitrogen and oxygen atoms in total. The number of carbonyl (C=O) groups is 1. The molecule has 0 atom stereocenters. The van der Waals surface area contributed by atoms with E-state index in [1.807, 2.05) is 6.92 Å². The van der Waals surface area contributed by atoms with Crippen LogP contribution >= 0.6 is 23.2 Å². The van der Waals surface area contributed by atoms with Crippen LogP contribution in [0, 0.1) is 6.92 Å². The SMILES string of the molecule is Cc1cc(Cl)c(C(=O)Nc2cccc(Cl)c2)cn1. The third kappa shape index (κ3) is 3.00. The molecule has 0 unspecified atom stereocenters. The maximum absolute atomic E-state index is 12.0. The molecule has 0 spiro atoms. The number of hydrogen-bond acceptors (Lipinski definition) is 2. The van der Waals surface area contributed by atoms with E-state index in [1.165, 1.54) is 6.20 Å². The third-order valence-electron chi connectivity index (χ3n) is 2.32. The number of benzene rings is 1. The molecule has 0 aliphatic heterocycles. The average Bonchev–Trinajstić information content (AvgIpc) is 2.28. The zero-order chi connectivity index (χ0) is 13.1. The molecule has 0 aliphatic carbocycles. The summed E-state index contributed by atoms with van der Waals surface area (Å²) in [5.41, 5.74) is 1.71. The van der Waals surface area contributed by atoms with Crippen molar-refractivity contribution in [2.45, 2.75) is 6.92 Å². The predicted octanol–water partition coefficient (Wildman–Crippen LogP) is 3.95. The number of rotatable bonds is 2. The summed E-state index contributed by atoms with van der Waals surface area (Å²) in [4.78, 5) is 16.0. The molecule has 2 aromatic rings. The summed E-state index contributed by atoms with van der Waals surface area (Å²) in [6, 6.07) is 8.55. The Kier molecular flexibility index (Phi) is 3.84. The van der Waals surface area contributed by atoms with Crippen molar-refractivity contribution >= 4 is 34.8 Å². The lowest BCUT2D eigenvalue weighted by Crippen LogP contribution is -2.13. The molecule has 0 saturated carbocycles. The fraction of sp³-hybridized carbons (Fsp3) is 0.0769. The number of aryl methyl sites for hydroxylation is 1. The van der Waals surface area contributed by atoms with Crippen molar-refractivity contribution in [2.75, 3.05) is 5.32 Å². The van der Waals surface area contributed by atoms with Crippen LogP contribution in [0.2, 0.25) is 10.0 Å². The van der Waals surface area contributed by atoms with E-state index >= 15 is 0 Å². The van der Waals surface area contributed by atoms with Gasteiger partial charge >= 0.3 is 0 Å². The molecule has 1 amide bonds. The Morgan fingerprint density at radius 2 is 2.06 bits per heavy atom. The van der Waals surface area contributed by atoms with Gasteiger partial charge in [0.25, 0.3) is 5.91 Å². The number of pyridine rings is 1. The van der Waals surface area contributed by atoms with Gasteiger partial charge in [0.15, 0.2) is 0 Å². The third-order valence-corrected chi connectivity index (χ3v) is 2.87. The number of anilines is 1. The van der Waals surface area contributed by atoms with Crippen molar-refractivity contribution in [1.82, 2.24) is 4.98 Å².